The number of benzene rings is 1. The van der Waals surface area contributed by atoms with Gasteiger partial charge >= 0.3 is 0 Å². The Morgan fingerprint density at radius 1 is 1.47 bits per heavy atom. The molecule has 0 amide bonds. The van der Waals surface area contributed by atoms with E-state index in [1.165, 1.54) is 10.6 Å². The summed E-state index contributed by atoms with van der Waals surface area (Å²) in [6.45, 7) is 0. The monoisotopic (exact) mass is 338 g/mol. The molecular weight excluding hydrogens is 324 g/mol. The number of ether oxygens (including phenoxy) is 1. The molecule has 0 saturated heterocycles. The number of rotatable bonds is 2. The molecule has 0 bridgehead atoms. The number of fused-ring (bicyclic) bond motifs is 1. The molecule has 0 aliphatic heterocycles. The van der Waals surface area contributed by atoms with Crippen LogP contribution in [0.3, 0.4) is 0 Å². The fraction of sp³-hybridized carbons (Fsp3) is 0.357. The van der Waals surface area contributed by atoms with E-state index in [1.807, 2.05) is 12.1 Å². The van der Waals surface area contributed by atoms with Crippen molar-refractivity contribution in [1.29, 1.82) is 0 Å². The van der Waals surface area contributed by atoms with Gasteiger partial charge in [-0.2, -0.15) is 0 Å². The minimum absolute atomic E-state index is 0.164. The topological polar surface area (TPSA) is 48.1 Å². The summed E-state index contributed by atoms with van der Waals surface area (Å²) < 4.78 is 6.20. The number of halogens is 1. The lowest BCUT2D eigenvalue weighted by atomic mass is 9.99. The summed E-state index contributed by atoms with van der Waals surface area (Å²) in [5.41, 5.74) is 8.45. The molecular formula is C14H15BrN2OS. The number of hydrogen-bond acceptors (Lipinski definition) is 4. The summed E-state index contributed by atoms with van der Waals surface area (Å²) in [5, 5.41) is 1.05. The molecule has 100 valence electrons. The SMILES string of the molecule is COc1ccc(-c2nc3c(s2)C(N)CCC3)cc1Br. The fourth-order valence-corrected chi connectivity index (χ4v) is 4.06. The van der Waals surface area contributed by atoms with Crippen LogP contribution >= 0.6 is 27.3 Å². The zero-order valence-electron chi connectivity index (χ0n) is 10.6. The number of aromatic nitrogens is 1. The van der Waals surface area contributed by atoms with E-state index in [0.717, 1.165) is 40.1 Å². The first-order valence-corrected chi connectivity index (χ1v) is 7.89. The molecule has 1 unspecified atom stereocenters. The van der Waals surface area contributed by atoms with Gasteiger partial charge in [0, 0.05) is 16.5 Å². The molecule has 2 N–H and O–H groups in total. The Morgan fingerprint density at radius 3 is 3.00 bits per heavy atom. The first kappa shape index (κ1) is 13.1. The van der Waals surface area contributed by atoms with Gasteiger partial charge in [0.15, 0.2) is 0 Å². The van der Waals surface area contributed by atoms with Crippen LogP contribution in [0.1, 0.15) is 29.5 Å². The van der Waals surface area contributed by atoms with Crippen molar-refractivity contribution in [2.24, 2.45) is 5.73 Å². The molecule has 19 heavy (non-hydrogen) atoms. The quantitative estimate of drug-likeness (QED) is 0.902. The van der Waals surface area contributed by atoms with E-state index in [4.69, 9.17) is 15.5 Å². The van der Waals surface area contributed by atoms with Gasteiger partial charge in [-0.3, -0.25) is 0 Å². The van der Waals surface area contributed by atoms with Gasteiger partial charge in [0.1, 0.15) is 10.8 Å². The maximum absolute atomic E-state index is 6.15. The van der Waals surface area contributed by atoms with Crippen LogP contribution in [0.4, 0.5) is 0 Å². The molecule has 1 aromatic carbocycles. The van der Waals surface area contributed by atoms with Crippen LogP contribution < -0.4 is 10.5 Å². The van der Waals surface area contributed by atoms with Crippen molar-refractivity contribution in [3.8, 4) is 16.3 Å². The molecule has 5 heteroatoms. The number of hydrogen-bond donors (Lipinski definition) is 1. The Balaban J connectivity index is 2.01. The average Bonchev–Trinajstić information content (AvgIpc) is 2.84. The molecule has 1 aliphatic carbocycles. The van der Waals surface area contributed by atoms with Crippen LogP contribution in [0.2, 0.25) is 0 Å². The third-order valence-electron chi connectivity index (χ3n) is 3.39. The molecule has 3 nitrogen and oxygen atoms in total. The summed E-state index contributed by atoms with van der Waals surface area (Å²) in [5.74, 6) is 0.835. The van der Waals surface area contributed by atoms with Gasteiger partial charge in [-0.1, -0.05) is 0 Å². The molecule has 3 rings (SSSR count). The predicted molar refractivity (Wildman–Crippen MR) is 81.7 cm³/mol. The Labute approximate surface area is 124 Å². The number of aryl methyl sites for hydroxylation is 1. The van der Waals surface area contributed by atoms with E-state index >= 15 is 0 Å². The number of nitrogens with zero attached hydrogens (tertiary/aromatic N) is 1. The van der Waals surface area contributed by atoms with Crippen molar-refractivity contribution >= 4 is 27.3 Å². The molecule has 0 fully saturated rings. The van der Waals surface area contributed by atoms with E-state index in [2.05, 4.69) is 22.0 Å². The van der Waals surface area contributed by atoms with Crippen molar-refractivity contribution in [3.05, 3.63) is 33.2 Å². The third kappa shape index (κ3) is 2.42. The van der Waals surface area contributed by atoms with Gasteiger partial charge in [0.25, 0.3) is 0 Å². The molecule has 1 aromatic heterocycles. The molecule has 1 atom stereocenters. The van der Waals surface area contributed by atoms with Crippen molar-refractivity contribution < 1.29 is 4.74 Å². The van der Waals surface area contributed by atoms with E-state index in [-0.39, 0.29) is 6.04 Å². The van der Waals surface area contributed by atoms with Crippen LogP contribution in [0, 0.1) is 0 Å². The summed E-state index contributed by atoms with van der Waals surface area (Å²) in [4.78, 5) is 6.00. The Morgan fingerprint density at radius 2 is 2.32 bits per heavy atom. The lowest BCUT2D eigenvalue weighted by Gasteiger charge is -2.15. The average molecular weight is 339 g/mol. The normalized spacial score (nSPS) is 18.2. The van der Waals surface area contributed by atoms with E-state index < -0.39 is 0 Å². The summed E-state index contributed by atoms with van der Waals surface area (Å²) in [7, 11) is 1.67. The van der Waals surface area contributed by atoms with Crippen LogP contribution in [-0.4, -0.2) is 12.1 Å². The van der Waals surface area contributed by atoms with Crippen LogP contribution in [0.15, 0.2) is 22.7 Å². The minimum Gasteiger partial charge on any atom is -0.496 e. The summed E-state index contributed by atoms with van der Waals surface area (Å²) in [6.07, 6.45) is 3.27. The standard InChI is InChI=1S/C14H15BrN2OS/c1-18-12-6-5-8(7-9(12)15)14-17-11-4-2-3-10(16)13(11)19-14/h5-7,10H,2-4,16H2,1H3. The van der Waals surface area contributed by atoms with Gasteiger partial charge in [-0.15, -0.1) is 11.3 Å². The van der Waals surface area contributed by atoms with Gasteiger partial charge in [-0.05, 0) is 53.4 Å². The van der Waals surface area contributed by atoms with Gasteiger partial charge < -0.3 is 10.5 Å². The Hall–Kier alpha value is -0.910. The second kappa shape index (κ2) is 5.23. The lowest BCUT2D eigenvalue weighted by molar-refractivity contribution is 0.412. The highest BCUT2D eigenvalue weighted by molar-refractivity contribution is 9.10. The number of nitrogens with two attached hydrogens (primary N) is 1. The third-order valence-corrected chi connectivity index (χ3v) is 5.29. The second-order valence-corrected chi connectivity index (χ2v) is 6.56. The van der Waals surface area contributed by atoms with Gasteiger partial charge in [0.2, 0.25) is 0 Å². The van der Waals surface area contributed by atoms with Crippen molar-refractivity contribution in [2.45, 2.75) is 25.3 Å². The maximum atomic E-state index is 6.15. The van der Waals surface area contributed by atoms with E-state index in [1.54, 1.807) is 18.4 Å². The molecule has 0 saturated carbocycles. The summed E-state index contributed by atoms with van der Waals surface area (Å²) in [6, 6.07) is 6.21. The van der Waals surface area contributed by atoms with Gasteiger partial charge in [-0.25, -0.2) is 4.98 Å². The highest BCUT2D eigenvalue weighted by Gasteiger charge is 2.22. The van der Waals surface area contributed by atoms with Crippen molar-refractivity contribution in [1.82, 2.24) is 4.98 Å². The van der Waals surface area contributed by atoms with Crippen molar-refractivity contribution in [3.63, 3.8) is 0 Å². The van der Waals surface area contributed by atoms with Crippen LogP contribution in [0.5, 0.6) is 5.75 Å². The zero-order valence-corrected chi connectivity index (χ0v) is 13.1. The summed E-state index contributed by atoms with van der Waals surface area (Å²) >= 11 is 5.24. The van der Waals surface area contributed by atoms with Crippen LogP contribution in [0.25, 0.3) is 10.6 Å². The molecule has 0 radical (unpaired) electrons. The number of thiazole rings is 1. The second-order valence-electron chi connectivity index (χ2n) is 4.68. The minimum atomic E-state index is 0.164. The van der Waals surface area contributed by atoms with Crippen LogP contribution in [-0.2, 0) is 6.42 Å². The largest absolute Gasteiger partial charge is 0.496 e. The molecule has 2 aromatic rings. The van der Waals surface area contributed by atoms with E-state index in [0.29, 0.717) is 0 Å². The Bertz CT molecular complexity index is 611. The highest BCUT2D eigenvalue weighted by Crippen LogP contribution is 2.38. The first-order valence-electron chi connectivity index (χ1n) is 6.28. The maximum Gasteiger partial charge on any atom is 0.133 e. The molecule has 0 spiro atoms. The zero-order chi connectivity index (χ0) is 13.4. The predicted octanol–water partition coefficient (Wildman–Crippen LogP) is 3.92. The van der Waals surface area contributed by atoms with E-state index in [9.17, 15) is 0 Å². The first-order chi connectivity index (χ1) is 9.19. The Kier molecular flexibility index (Phi) is 3.60. The smallest absolute Gasteiger partial charge is 0.133 e. The fourth-order valence-electron chi connectivity index (χ4n) is 2.38. The highest BCUT2D eigenvalue weighted by atomic mass is 79.9. The van der Waals surface area contributed by atoms with Gasteiger partial charge in [0.05, 0.1) is 17.3 Å². The number of methoxy groups -OCH3 is 1. The molecule has 1 heterocycles. The lowest BCUT2D eigenvalue weighted by Crippen LogP contribution is -2.15. The molecule has 1 aliphatic rings. The van der Waals surface area contributed by atoms with Crippen molar-refractivity contribution in [2.75, 3.05) is 7.11 Å².